The molecule has 2 N–H and O–H groups in total. The number of likely N-dealkylation sites (N-methyl/N-ethyl adjacent to an activating group) is 1. The van der Waals surface area contributed by atoms with Crippen LogP contribution in [0.3, 0.4) is 0 Å². The van der Waals surface area contributed by atoms with Crippen LogP contribution in [0.15, 0.2) is 24.3 Å². The highest BCUT2D eigenvalue weighted by Crippen LogP contribution is 2.23. The molecule has 0 bridgehead atoms. The van der Waals surface area contributed by atoms with E-state index in [1.165, 1.54) is 19.1 Å². The number of rotatable bonds is 5. The van der Waals surface area contributed by atoms with Crippen molar-refractivity contribution in [3.05, 3.63) is 29.8 Å². The van der Waals surface area contributed by atoms with Gasteiger partial charge in [-0.25, -0.2) is 0 Å². The Hall–Kier alpha value is -1.62. The van der Waals surface area contributed by atoms with Crippen LogP contribution in [0.1, 0.15) is 19.4 Å². The third-order valence-electron chi connectivity index (χ3n) is 2.76. The lowest BCUT2D eigenvalue weighted by Crippen LogP contribution is -2.50. The molecule has 5 heteroatoms. The van der Waals surface area contributed by atoms with Crippen molar-refractivity contribution in [3.63, 3.8) is 0 Å². The van der Waals surface area contributed by atoms with Crippen molar-refractivity contribution in [3.8, 4) is 5.75 Å². The highest BCUT2D eigenvalue weighted by Gasteiger charge is 2.39. The second-order valence-corrected chi connectivity index (χ2v) is 4.10. The number of aliphatic carboxylic acids is 1. The number of benzene rings is 1. The molecule has 1 unspecified atom stereocenters. The number of hydrogen-bond acceptors (Lipinski definition) is 3. The van der Waals surface area contributed by atoms with Gasteiger partial charge >= 0.3 is 5.97 Å². The zero-order valence-corrected chi connectivity index (χ0v) is 9.85. The van der Waals surface area contributed by atoms with Gasteiger partial charge < -0.3 is 10.2 Å². The molecule has 1 atom stereocenters. The van der Waals surface area contributed by atoms with E-state index in [1.807, 2.05) is 0 Å². The number of phenolic OH excluding ortho intramolecular Hbond substituents is 1. The van der Waals surface area contributed by atoms with Crippen molar-refractivity contribution in [1.82, 2.24) is 5.12 Å². The number of nitrogens with zero attached hydrogens (tertiary/aromatic N) is 1. The summed E-state index contributed by atoms with van der Waals surface area (Å²) in [7, 11) is 0. The molecule has 0 aliphatic heterocycles. The van der Waals surface area contributed by atoms with E-state index in [0.717, 1.165) is 0 Å². The van der Waals surface area contributed by atoms with Gasteiger partial charge in [0.1, 0.15) is 11.3 Å². The molecule has 0 fully saturated rings. The number of carboxylic acids is 1. The summed E-state index contributed by atoms with van der Waals surface area (Å²) in [5.74, 6) is -1.12. The molecule has 0 amide bonds. The minimum Gasteiger partial charge on any atom is -0.508 e. The van der Waals surface area contributed by atoms with E-state index in [4.69, 9.17) is 10.2 Å². The van der Waals surface area contributed by atoms with Crippen LogP contribution < -0.4 is 0 Å². The summed E-state index contributed by atoms with van der Waals surface area (Å²) in [5.41, 5.74) is -0.935. The number of aromatic hydroxyl groups is 1. The number of halogens is 1. The summed E-state index contributed by atoms with van der Waals surface area (Å²) in [4.78, 5) is 11.2. The fourth-order valence-electron chi connectivity index (χ4n) is 1.63. The summed E-state index contributed by atoms with van der Waals surface area (Å²) in [6, 6.07) is 6.07. The Morgan fingerprint density at radius 3 is 2.35 bits per heavy atom. The normalized spacial score (nSPS) is 14.6. The van der Waals surface area contributed by atoms with Crippen LogP contribution in [0, 0.1) is 0 Å². The molecule has 0 saturated carbocycles. The lowest BCUT2D eigenvalue weighted by molar-refractivity contribution is -0.164. The van der Waals surface area contributed by atoms with Gasteiger partial charge in [0.15, 0.2) is 0 Å². The predicted molar refractivity (Wildman–Crippen MR) is 61.3 cm³/mol. The molecule has 17 heavy (non-hydrogen) atoms. The first kappa shape index (κ1) is 13.4. The monoisotopic (exact) mass is 241 g/mol. The molecule has 4 nitrogen and oxygen atoms in total. The zero-order chi connectivity index (χ0) is 13.1. The van der Waals surface area contributed by atoms with Crippen molar-refractivity contribution >= 4 is 5.97 Å². The Kier molecular flexibility index (Phi) is 4.07. The van der Waals surface area contributed by atoms with Crippen LogP contribution in [0.4, 0.5) is 4.48 Å². The molecule has 1 aromatic carbocycles. The fourth-order valence-corrected chi connectivity index (χ4v) is 1.63. The van der Waals surface area contributed by atoms with Gasteiger partial charge in [0.05, 0.1) is 0 Å². The first-order valence-corrected chi connectivity index (χ1v) is 5.35. The van der Waals surface area contributed by atoms with Gasteiger partial charge in [0, 0.05) is 13.0 Å². The fraction of sp³-hybridized carbons (Fsp3) is 0.417. The van der Waals surface area contributed by atoms with Gasteiger partial charge in [-0.2, -0.15) is 0 Å². The van der Waals surface area contributed by atoms with Gasteiger partial charge in [0.2, 0.25) is 0 Å². The maximum absolute atomic E-state index is 13.6. The quantitative estimate of drug-likeness (QED) is 0.774. The molecule has 0 aliphatic rings. The number of carboxylic acid groups (broad SMARTS) is 1. The van der Waals surface area contributed by atoms with E-state index in [1.54, 1.807) is 19.1 Å². The van der Waals surface area contributed by atoms with E-state index in [2.05, 4.69) is 0 Å². The molecular formula is C12H16FNO3. The first-order valence-electron chi connectivity index (χ1n) is 5.35. The van der Waals surface area contributed by atoms with Crippen LogP contribution >= 0.6 is 0 Å². The highest BCUT2D eigenvalue weighted by molar-refractivity contribution is 5.78. The summed E-state index contributed by atoms with van der Waals surface area (Å²) >= 11 is 0. The van der Waals surface area contributed by atoms with Crippen LogP contribution in [0.2, 0.25) is 0 Å². The van der Waals surface area contributed by atoms with E-state index in [-0.39, 0.29) is 18.7 Å². The molecule has 0 spiro atoms. The molecular weight excluding hydrogens is 225 g/mol. The third-order valence-corrected chi connectivity index (χ3v) is 2.76. The molecule has 0 aromatic heterocycles. The second kappa shape index (κ2) is 5.14. The van der Waals surface area contributed by atoms with Crippen LogP contribution in [-0.4, -0.2) is 33.4 Å². The number of hydrogen-bond donors (Lipinski definition) is 2. The molecule has 0 saturated heterocycles. The lowest BCUT2D eigenvalue weighted by Gasteiger charge is -2.30. The Bertz CT molecular complexity index is 393. The van der Waals surface area contributed by atoms with Gasteiger partial charge in [-0.05, 0) is 31.5 Å². The topological polar surface area (TPSA) is 60.8 Å². The van der Waals surface area contributed by atoms with Gasteiger partial charge in [-0.1, -0.05) is 12.1 Å². The summed E-state index contributed by atoms with van der Waals surface area (Å²) < 4.78 is 13.6. The second-order valence-electron chi connectivity index (χ2n) is 4.10. The first-order chi connectivity index (χ1) is 7.90. The average Bonchev–Trinajstić information content (AvgIpc) is 2.30. The minimum atomic E-state index is -1.59. The van der Waals surface area contributed by atoms with Crippen molar-refractivity contribution in [2.75, 3.05) is 6.54 Å². The maximum atomic E-state index is 13.6. The van der Waals surface area contributed by atoms with Crippen LogP contribution in [-0.2, 0) is 11.2 Å². The maximum Gasteiger partial charge on any atom is 0.326 e. The number of carbonyl (C=O) groups is 1. The van der Waals surface area contributed by atoms with Crippen molar-refractivity contribution in [1.29, 1.82) is 0 Å². The molecule has 94 valence electrons. The Morgan fingerprint density at radius 1 is 1.41 bits per heavy atom. The Balaban J connectivity index is 2.94. The van der Waals surface area contributed by atoms with Crippen LogP contribution in [0.25, 0.3) is 0 Å². The van der Waals surface area contributed by atoms with Gasteiger partial charge in [0.25, 0.3) is 0 Å². The van der Waals surface area contributed by atoms with Gasteiger partial charge in [-0.3, -0.25) is 4.79 Å². The molecule has 1 rings (SSSR count). The van der Waals surface area contributed by atoms with E-state index >= 15 is 0 Å². The Morgan fingerprint density at radius 2 is 1.94 bits per heavy atom. The smallest absolute Gasteiger partial charge is 0.326 e. The molecule has 0 heterocycles. The number of phenols is 1. The highest BCUT2D eigenvalue weighted by atomic mass is 19.2. The largest absolute Gasteiger partial charge is 0.508 e. The van der Waals surface area contributed by atoms with Gasteiger partial charge in [-0.15, -0.1) is 9.60 Å². The standard InChI is InChI=1S/C12H16FNO3/c1-3-14(13)12(2,11(16)17)8-9-4-6-10(15)7-5-9/h4-7,15H,3,8H2,1-2H3,(H,16,17). The summed E-state index contributed by atoms with van der Waals surface area (Å²) in [6.45, 7) is 2.89. The van der Waals surface area contributed by atoms with Crippen LogP contribution in [0.5, 0.6) is 5.75 Å². The van der Waals surface area contributed by atoms with Crippen molar-refractivity contribution in [2.45, 2.75) is 25.8 Å². The van der Waals surface area contributed by atoms with Crippen molar-refractivity contribution in [2.24, 2.45) is 0 Å². The van der Waals surface area contributed by atoms with E-state index < -0.39 is 11.5 Å². The zero-order valence-electron chi connectivity index (χ0n) is 9.85. The molecule has 0 radical (unpaired) electrons. The minimum absolute atomic E-state index is 0.000877. The SMILES string of the molecule is CCN(F)C(C)(Cc1ccc(O)cc1)C(=O)O. The van der Waals surface area contributed by atoms with E-state index in [0.29, 0.717) is 10.7 Å². The van der Waals surface area contributed by atoms with Crippen molar-refractivity contribution < 1.29 is 19.5 Å². The predicted octanol–water partition coefficient (Wildman–Crippen LogP) is 1.98. The molecule has 0 aliphatic carbocycles. The average molecular weight is 241 g/mol. The van der Waals surface area contributed by atoms with E-state index in [9.17, 15) is 9.28 Å². The Labute approximate surface area is 99.2 Å². The summed E-state index contributed by atoms with van der Waals surface area (Å²) in [6.07, 6.45) is 0.0347. The molecule has 1 aromatic rings. The summed E-state index contributed by atoms with van der Waals surface area (Å²) in [5, 5.41) is 18.5. The lowest BCUT2D eigenvalue weighted by atomic mass is 9.92. The third kappa shape index (κ3) is 2.94.